The molecule has 0 radical (unpaired) electrons. The van der Waals surface area contributed by atoms with Crippen LogP contribution in [0.3, 0.4) is 0 Å². The van der Waals surface area contributed by atoms with Crippen molar-refractivity contribution in [2.45, 2.75) is 39.2 Å². The highest BCUT2D eigenvalue weighted by Gasteiger charge is 2.33. The van der Waals surface area contributed by atoms with E-state index >= 15 is 0 Å². The normalized spacial score (nSPS) is 12.8. The molecule has 0 aliphatic heterocycles. The molecule has 0 spiro atoms. The molecule has 0 saturated heterocycles. The molecule has 3 aromatic rings. The number of guanidine groups is 1. The Balaban J connectivity index is 0.00000385. The molecule has 0 saturated carbocycles. The van der Waals surface area contributed by atoms with E-state index in [2.05, 4.69) is 25.8 Å². The number of alkyl halides is 3. The fraction of sp³-hybridized carbons (Fsp3) is 0.318. The summed E-state index contributed by atoms with van der Waals surface area (Å²) >= 11 is 0. The van der Waals surface area contributed by atoms with Crippen molar-refractivity contribution < 1.29 is 17.6 Å². The van der Waals surface area contributed by atoms with E-state index in [1.807, 2.05) is 51.2 Å². The largest absolute Gasteiger partial charge is 0.416 e. The van der Waals surface area contributed by atoms with Gasteiger partial charge in [0.05, 0.1) is 24.7 Å². The third-order valence-electron chi connectivity index (χ3n) is 5.03. The van der Waals surface area contributed by atoms with Crippen LogP contribution in [-0.2, 0) is 26.3 Å². The Labute approximate surface area is 206 Å². The lowest BCUT2D eigenvalue weighted by Crippen LogP contribution is -2.39. The third kappa shape index (κ3) is 7.14. The van der Waals surface area contributed by atoms with Crippen LogP contribution in [0, 0.1) is 12.7 Å². The first-order valence-electron chi connectivity index (χ1n) is 9.95. The summed E-state index contributed by atoms with van der Waals surface area (Å²) in [6.07, 6.45) is -4.68. The first-order valence-corrected chi connectivity index (χ1v) is 9.95. The van der Waals surface area contributed by atoms with Crippen LogP contribution in [0.25, 0.3) is 0 Å². The lowest BCUT2D eigenvalue weighted by molar-refractivity contribution is -0.138. The molecule has 1 unspecified atom stereocenters. The molecule has 178 valence electrons. The first kappa shape index (κ1) is 26.6. The maximum absolute atomic E-state index is 13.4. The van der Waals surface area contributed by atoms with Gasteiger partial charge in [0, 0.05) is 7.05 Å². The van der Waals surface area contributed by atoms with E-state index in [9.17, 15) is 17.6 Å². The molecule has 0 fully saturated rings. The standard InChI is InChI=1S/C22H24F4N6.HI/c1-14(16-7-5-4-6-8-16)29-21(28-13-20-31-30-15(2)32(20)3)27-12-17-9-10-18(23)11-19(17)22(24,25)26;/h4-11,14H,12-13H2,1-3H3,(H2,27,28,29);1H. The Hall–Kier alpha value is -2.70. The van der Waals surface area contributed by atoms with Gasteiger partial charge in [-0.1, -0.05) is 36.4 Å². The summed E-state index contributed by atoms with van der Waals surface area (Å²) in [5.41, 5.74) is -0.184. The lowest BCUT2D eigenvalue weighted by atomic mass is 10.1. The summed E-state index contributed by atoms with van der Waals surface area (Å²) < 4.78 is 55.2. The number of aromatic nitrogens is 3. The van der Waals surface area contributed by atoms with Crippen molar-refractivity contribution in [3.8, 4) is 0 Å². The van der Waals surface area contributed by atoms with Crippen LogP contribution in [0.2, 0.25) is 0 Å². The highest BCUT2D eigenvalue weighted by Crippen LogP contribution is 2.32. The molecule has 3 rings (SSSR count). The van der Waals surface area contributed by atoms with E-state index in [1.54, 1.807) is 4.57 Å². The number of aryl methyl sites for hydroxylation is 1. The number of nitrogens with zero attached hydrogens (tertiary/aromatic N) is 4. The van der Waals surface area contributed by atoms with Crippen LogP contribution in [0.1, 0.15) is 41.3 Å². The van der Waals surface area contributed by atoms with Crippen LogP contribution in [0.5, 0.6) is 0 Å². The number of halogens is 5. The molecule has 0 amide bonds. The van der Waals surface area contributed by atoms with Gasteiger partial charge in [-0.3, -0.25) is 0 Å². The maximum atomic E-state index is 13.4. The van der Waals surface area contributed by atoms with Gasteiger partial charge in [0.15, 0.2) is 11.8 Å². The average molecular weight is 576 g/mol. The van der Waals surface area contributed by atoms with E-state index in [4.69, 9.17) is 0 Å². The van der Waals surface area contributed by atoms with Gasteiger partial charge in [0.2, 0.25) is 0 Å². The van der Waals surface area contributed by atoms with Gasteiger partial charge < -0.3 is 15.2 Å². The Kier molecular flexibility index (Phi) is 9.20. The smallest absolute Gasteiger partial charge is 0.350 e. The Morgan fingerprint density at radius 3 is 2.42 bits per heavy atom. The van der Waals surface area contributed by atoms with E-state index < -0.39 is 17.6 Å². The summed E-state index contributed by atoms with van der Waals surface area (Å²) in [4.78, 5) is 4.33. The number of hydrogen-bond donors (Lipinski definition) is 2. The number of rotatable bonds is 6. The van der Waals surface area contributed by atoms with Crippen molar-refractivity contribution in [3.05, 3.63) is 82.7 Å². The fourth-order valence-corrected chi connectivity index (χ4v) is 3.07. The van der Waals surface area contributed by atoms with Gasteiger partial charge in [-0.05, 0) is 37.1 Å². The van der Waals surface area contributed by atoms with Gasteiger partial charge in [0.1, 0.15) is 11.6 Å². The zero-order chi connectivity index (χ0) is 23.3. The van der Waals surface area contributed by atoms with Gasteiger partial charge in [-0.15, -0.1) is 34.2 Å². The minimum absolute atomic E-state index is 0. The SMILES string of the molecule is Cc1nnc(CNC(=NCc2ccc(F)cc2C(F)(F)F)NC(C)c2ccccc2)n1C.I. The topological polar surface area (TPSA) is 67.1 Å². The van der Waals surface area contributed by atoms with Crippen molar-refractivity contribution in [2.75, 3.05) is 0 Å². The molecular formula is C22H25F4IN6. The van der Waals surface area contributed by atoms with E-state index in [0.29, 0.717) is 17.9 Å². The second kappa shape index (κ2) is 11.4. The van der Waals surface area contributed by atoms with Crippen molar-refractivity contribution in [1.29, 1.82) is 0 Å². The predicted octanol–water partition coefficient (Wildman–Crippen LogP) is 4.90. The minimum Gasteiger partial charge on any atom is -0.350 e. The van der Waals surface area contributed by atoms with E-state index in [-0.39, 0.29) is 48.7 Å². The number of aliphatic imine (C=N–C) groups is 1. The van der Waals surface area contributed by atoms with Crippen LogP contribution in [0.4, 0.5) is 17.6 Å². The lowest BCUT2D eigenvalue weighted by Gasteiger charge is -2.19. The molecule has 1 aromatic heterocycles. The Morgan fingerprint density at radius 2 is 1.82 bits per heavy atom. The second-order valence-corrected chi connectivity index (χ2v) is 7.32. The van der Waals surface area contributed by atoms with Crippen molar-refractivity contribution >= 4 is 29.9 Å². The van der Waals surface area contributed by atoms with Crippen molar-refractivity contribution in [1.82, 2.24) is 25.4 Å². The first-order chi connectivity index (χ1) is 15.1. The number of benzene rings is 2. The van der Waals surface area contributed by atoms with Crippen molar-refractivity contribution in [2.24, 2.45) is 12.0 Å². The summed E-state index contributed by atoms with van der Waals surface area (Å²) in [5.74, 6) is 0.713. The van der Waals surface area contributed by atoms with E-state index in [1.165, 1.54) is 0 Å². The summed E-state index contributed by atoms with van der Waals surface area (Å²) in [5, 5.41) is 14.4. The average Bonchev–Trinajstić information content (AvgIpc) is 3.08. The molecule has 1 atom stereocenters. The van der Waals surface area contributed by atoms with Gasteiger partial charge in [-0.25, -0.2) is 9.38 Å². The highest BCUT2D eigenvalue weighted by molar-refractivity contribution is 14.0. The van der Waals surface area contributed by atoms with Gasteiger partial charge >= 0.3 is 6.18 Å². The monoisotopic (exact) mass is 576 g/mol. The third-order valence-corrected chi connectivity index (χ3v) is 5.03. The molecule has 6 nitrogen and oxygen atoms in total. The fourth-order valence-electron chi connectivity index (χ4n) is 3.07. The van der Waals surface area contributed by atoms with E-state index in [0.717, 1.165) is 23.5 Å². The molecule has 0 aliphatic carbocycles. The maximum Gasteiger partial charge on any atom is 0.416 e. The Morgan fingerprint density at radius 1 is 1.12 bits per heavy atom. The Bertz CT molecular complexity index is 1080. The minimum atomic E-state index is -4.68. The number of hydrogen-bond acceptors (Lipinski definition) is 3. The predicted molar refractivity (Wildman–Crippen MR) is 129 cm³/mol. The summed E-state index contributed by atoms with van der Waals surface area (Å²) in [6.45, 7) is 3.70. The van der Waals surface area contributed by atoms with Crippen LogP contribution < -0.4 is 10.6 Å². The van der Waals surface area contributed by atoms with Crippen LogP contribution >= 0.6 is 24.0 Å². The van der Waals surface area contributed by atoms with Gasteiger partial charge in [0.25, 0.3) is 0 Å². The summed E-state index contributed by atoms with van der Waals surface area (Å²) in [7, 11) is 1.82. The second-order valence-electron chi connectivity index (χ2n) is 7.32. The molecule has 2 N–H and O–H groups in total. The molecule has 0 aliphatic rings. The number of nitrogens with one attached hydrogen (secondary N) is 2. The zero-order valence-corrected chi connectivity index (χ0v) is 20.6. The molecule has 33 heavy (non-hydrogen) atoms. The van der Waals surface area contributed by atoms with Crippen LogP contribution in [-0.4, -0.2) is 20.7 Å². The van der Waals surface area contributed by atoms with Gasteiger partial charge in [-0.2, -0.15) is 13.2 Å². The summed E-state index contributed by atoms with van der Waals surface area (Å²) in [6, 6.07) is 12.0. The highest BCUT2D eigenvalue weighted by atomic mass is 127. The molecule has 2 aromatic carbocycles. The molecule has 0 bridgehead atoms. The zero-order valence-electron chi connectivity index (χ0n) is 18.3. The molecular weight excluding hydrogens is 551 g/mol. The van der Waals surface area contributed by atoms with Crippen LogP contribution in [0.15, 0.2) is 53.5 Å². The van der Waals surface area contributed by atoms with Crippen molar-refractivity contribution in [3.63, 3.8) is 0 Å². The quantitative estimate of drug-likeness (QED) is 0.190. The molecule has 11 heteroatoms. The molecule has 1 heterocycles.